The maximum atomic E-state index is 11.5. The van der Waals surface area contributed by atoms with Crippen LogP contribution in [0, 0.1) is 0 Å². The smallest absolute Gasteiger partial charge is 0.281 e. The fourth-order valence-corrected chi connectivity index (χ4v) is 3.43. The Morgan fingerprint density at radius 1 is 1.26 bits per heavy atom. The van der Waals surface area contributed by atoms with E-state index in [0.29, 0.717) is 6.42 Å². The van der Waals surface area contributed by atoms with Gasteiger partial charge in [0.25, 0.3) is 10.1 Å². The first-order valence-electron chi connectivity index (χ1n) is 6.42. The first-order valence-corrected chi connectivity index (χ1v) is 7.93. The van der Waals surface area contributed by atoms with Crippen molar-refractivity contribution in [3.8, 4) is 0 Å². The van der Waals surface area contributed by atoms with E-state index >= 15 is 0 Å². The van der Waals surface area contributed by atoms with E-state index in [0.717, 1.165) is 37.1 Å². The van der Waals surface area contributed by atoms with Crippen LogP contribution in [0.2, 0.25) is 0 Å². The zero-order chi connectivity index (χ0) is 13.9. The molecule has 1 aliphatic rings. The molecule has 4 nitrogen and oxygen atoms in total. The molecule has 1 aliphatic heterocycles. The largest absolute Gasteiger partial charge is 0.285 e. The highest BCUT2D eigenvalue weighted by molar-refractivity contribution is 7.86. The van der Waals surface area contributed by atoms with Gasteiger partial charge in [0.05, 0.1) is 0 Å². The van der Waals surface area contributed by atoms with Crippen LogP contribution in [0.25, 0.3) is 6.08 Å². The number of benzene rings is 1. The van der Waals surface area contributed by atoms with Gasteiger partial charge in [0.15, 0.2) is 0 Å². The number of nitrogens with zero attached hydrogens (tertiary/aromatic N) is 1. The molecule has 0 aliphatic carbocycles. The molecule has 1 fully saturated rings. The molecule has 0 aromatic heterocycles. The Bertz CT molecular complexity index is 530. The van der Waals surface area contributed by atoms with Gasteiger partial charge in [-0.2, -0.15) is 8.42 Å². The Hall–Kier alpha value is -1.17. The minimum Gasteiger partial charge on any atom is -0.285 e. The Kier molecular flexibility index (Phi) is 4.39. The maximum Gasteiger partial charge on any atom is 0.281 e. The van der Waals surface area contributed by atoms with Crippen LogP contribution in [-0.2, 0) is 16.5 Å². The molecule has 104 valence electrons. The van der Waals surface area contributed by atoms with Gasteiger partial charge in [0.1, 0.15) is 5.37 Å². The number of rotatable bonds is 5. The normalized spacial score (nSPS) is 18.4. The van der Waals surface area contributed by atoms with Gasteiger partial charge in [-0.3, -0.25) is 9.45 Å². The molecule has 0 saturated carbocycles. The van der Waals surface area contributed by atoms with Gasteiger partial charge in [-0.05, 0) is 37.1 Å². The molecule has 1 N–H and O–H groups in total. The first kappa shape index (κ1) is 14.2. The molecule has 2 rings (SSSR count). The molecule has 1 heterocycles. The van der Waals surface area contributed by atoms with E-state index < -0.39 is 15.5 Å². The molecule has 0 radical (unpaired) electrons. The molecule has 5 heteroatoms. The van der Waals surface area contributed by atoms with Crippen molar-refractivity contribution in [1.82, 2.24) is 4.90 Å². The Morgan fingerprint density at radius 2 is 1.84 bits per heavy atom. The molecule has 1 aromatic rings. The van der Waals surface area contributed by atoms with Crippen molar-refractivity contribution in [1.29, 1.82) is 0 Å². The summed E-state index contributed by atoms with van der Waals surface area (Å²) in [4.78, 5) is 1.84. The molecule has 1 aromatic carbocycles. The van der Waals surface area contributed by atoms with E-state index in [-0.39, 0.29) is 0 Å². The van der Waals surface area contributed by atoms with Crippen LogP contribution in [-0.4, -0.2) is 36.3 Å². The van der Waals surface area contributed by atoms with Gasteiger partial charge in [-0.15, -0.1) is 0 Å². The van der Waals surface area contributed by atoms with Crippen molar-refractivity contribution in [3.05, 3.63) is 42.0 Å². The van der Waals surface area contributed by atoms with E-state index in [1.165, 1.54) is 0 Å². The van der Waals surface area contributed by atoms with Gasteiger partial charge in [-0.25, -0.2) is 0 Å². The molecule has 0 bridgehead atoms. The van der Waals surface area contributed by atoms with Gasteiger partial charge >= 0.3 is 0 Å². The van der Waals surface area contributed by atoms with Crippen molar-refractivity contribution >= 4 is 16.2 Å². The average Bonchev–Trinajstić information content (AvgIpc) is 2.88. The van der Waals surface area contributed by atoms with E-state index in [1.807, 2.05) is 29.2 Å². The number of hydrogen-bond donors (Lipinski definition) is 1. The molecular formula is C14H19NO3S. The predicted octanol–water partition coefficient (Wildman–Crippen LogP) is 2.18. The van der Waals surface area contributed by atoms with Crippen molar-refractivity contribution in [2.45, 2.75) is 24.6 Å². The van der Waals surface area contributed by atoms with Crippen molar-refractivity contribution < 1.29 is 13.0 Å². The summed E-state index contributed by atoms with van der Waals surface area (Å²) in [5.74, 6) is 0. The summed E-state index contributed by atoms with van der Waals surface area (Å²) in [5.41, 5.74) is 1.90. The van der Waals surface area contributed by atoms with E-state index in [9.17, 15) is 13.0 Å². The van der Waals surface area contributed by atoms with E-state index in [4.69, 9.17) is 0 Å². The molecule has 0 amide bonds. The third kappa shape index (κ3) is 3.65. The molecule has 0 spiro atoms. The lowest BCUT2D eigenvalue weighted by atomic mass is 10.1. The predicted molar refractivity (Wildman–Crippen MR) is 76.4 cm³/mol. The lowest BCUT2D eigenvalue weighted by Crippen LogP contribution is -2.40. The highest BCUT2D eigenvalue weighted by Crippen LogP contribution is 2.19. The Labute approximate surface area is 114 Å². The standard InChI is InChI=1S/C14H19NO3S/c1-2-12-5-7-13(8-6-12)11-14(19(16,17)18)15-9-3-4-10-15/h2,5-8,14H,1,3-4,9-11H2,(H,16,17,18). The fraction of sp³-hybridized carbons (Fsp3) is 0.429. The van der Waals surface area contributed by atoms with E-state index in [1.54, 1.807) is 6.08 Å². The highest BCUT2D eigenvalue weighted by atomic mass is 32.2. The van der Waals surface area contributed by atoms with Crippen LogP contribution in [0.15, 0.2) is 30.8 Å². The SMILES string of the molecule is C=Cc1ccc(CC(N2CCCC2)S(=O)(=O)O)cc1. The van der Waals surface area contributed by atoms with Crippen molar-refractivity contribution in [3.63, 3.8) is 0 Å². The molecule has 1 unspecified atom stereocenters. The Morgan fingerprint density at radius 3 is 2.32 bits per heavy atom. The van der Waals surface area contributed by atoms with Crippen molar-refractivity contribution in [2.75, 3.05) is 13.1 Å². The summed E-state index contributed by atoms with van der Waals surface area (Å²) in [7, 11) is -4.06. The maximum absolute atomic E-state index is 11.5. The number of likely N-dealkylation sites (tertiary alicyclic amines) is 1. The summed E-state index contributed by atoms with van der Waals surface area (Å²) < 4.78 is 32.5. The third-order valence-corrected chi connectivity index (χ3v) is 4.67. The third-order valence-electron chi connectivity index (χ3n) is 3.52. The van der Waals surface area contributed by atoms with Crippen LogP contribution < -0.4 is 0 Å². The topological polar surface area (TPSA) is 57.6 Å². The van der Waals surface area contributed by atoms with E-state index in [2.05, 4.69) is 6.58 Å². The minimum atomic E-state index is -4.06. The van der Waals surface area contributed by atoms with Gasteiger partial charge in [0, 0.05) is 6.42 Å². The molecule has 1 saturated heterocycles. The quantitative estimate of drug-likeness (QED) is 0.840. The van der Waals surface area contributed by atoms with Crippen LogP contribution >= 0.6 is 0 Å². The minimum absolute atomic E-state index is 0.316. The Balaban J connectivity index is 2.17. The highest BCUT2D eigenvalue weighted by Gasteiger charge is 2.31. The molecule has 1 atom stereocenters. The lowest BCUT2D eigenvalue weighted by molar-refractivity contribution is 0.285. The summed E-state index contributed by atoms with van der Waals surface area (Å²) in [6, 6.07) is 7.55. The average molecular weight is 281 g/mol. The monoisotopic (exact) mass is 281 g/mol. The lowest BCUT2D eigenvalue weighted by Gasteiger charge is -2.24. The van der Waals surface area contributed by atoms with Gasteiger partial charge in [-0.1, -0.05) is 36.9 Å². The summed E-state index contributed by atoms with van der Waals surface area (Å²) in [6.07, 6.45) is 4.03. The number of hydrogen-bond acceptors (Lipinski definition) is 3. The first-order chi connectivity index (χ1) is 9.00. The molecule has 19 heavy (non-hydrogen) atoms. The van der Waals surface area contributed by atoms with Crippen LogP contribution in [0.5, 0.6) is 0 Å². The van der Waals surface area contributed by atoms with Gasteiger partial charge < -0.3 is 0 Å². The summed E-state index contributed by atoms with van der Waals surface area (Å²) in [5, 5.41) is -0.829. The van der Waals surface area contributed by atoms with Crippen LogP contribution in [0.4, 0.5) is 0 Å². The molecular weight excluding hydrogens is 262 g/mol. The zero-order valence-corrected chi connectivity index (χ0v) is 11.6. The van der Waals surface area contributed by atoms with Crippen molar-refractivity contribution in [2.24, 2.45) is 0 Å². The fourth-order valence-electron chi connectivity index (χ4n) is 2.44. The second-order valence-corrected chi connectivity index (χ2v) is 6.44. The zero-order valence-electron chi connectivity index (χ0n) is 10.8. The van der Waals surface area contributed by atoms with Crippen LogP contribution in [0.3, 0.4) is 0 Å². The summed E-state index contributed by atoms with van der Waals surface area (Å²) >= 11 is 0. The van der Waals surface area contributed by atoms with Gasteiger partial charge in [0.2, 0.25) is 0 Å². The van der Waals surface area contributed by atoms with Crippen LogP contribution in [0.1, 0.15) is 24.0 Å². The second kappa shape index (κ2) is 5.86. The summed E-state index contributed by atoms with van der Waals surface area (Å²) in [6.45, 7) is 5.14. The second-order valence-electron chi connectivity index (χ2n) is 4.86.